The van der Waals surface area contributed by atoms with E-state index in [1.165, 1.54) is 0 Å². The second-order valence-corrected chi connectivity index (χ2v) is 7.93. The van der Waals surface area contributed by atoms with Crippen molar-refractivity contribution in [1.82, 2.24) is 5.32 Å². The summed E-state index contributed by atoms with van der Waals surface area (Å²) in [6.45, 7) is 1.40. The largest absolute Gasteiger partial charge is 0.315 e. The zero-order valence-electron chi connectivity index (χ0n) is 13.7. The number of halogens is 2. The van der Waals surface area contributed by atoms with Crippen LogP contribution in [0.25, 0.3) is 12.2 Å². The lowest BCUT2D eigenvalue weighted by atomic mass is 9.87. The van der Waals surface area contributed by atoms with Gasteiger partial charge in [-0.3, -0.25) is 4.79 Å². The average Bonchev–Trinajstić information content (AvgIpc) is 2.60. The first-order valence-corrected chi connectivity index (χ1v) is 9.82. The number of Topliss-reactive ketones (excluding diaryl/α,β-unsaturated/α-hetero) is 1. The van der Waals surface area contributed by atoms with Gasteiger partial charge in [-0.1, -0.05) is 80.4 Å². The van der Waals surface area contributed by atoms with Gasteiger partial charge in [-0.2, -0.15) is 0 Å². The van der Waals surface area contributed by atoms with Crippen molar-refractivity contribution in [2.45, 2.75) is 0 Å². The van der Waals surface area contributed by atoms with Crippen molar-refractivity contribution < 1.29 is 4.79 Å². The van der Waals surface area contributed by atoms with Crippen molar-refractivity contribution in [3.8, 4) is 0 Å². The molecular formula is C21H19Br2NO. The van der Waals surface area contributed by atoms with Crippen LogP contribution in [0, 0.1) is 11.8 Å². The summed E-state index contributed by atoms with van der Waals surface area (Å²) in [4.78, 5) is 12.7. The molecule has 0 bridgehead atoms. The minimum absolute atomic E-state index is 0.0927. The van der Waals surface area contributed by atoms with Crippen molar-refractivity contribution in [3.05, 3.63) is 80.8 Å². The second kappa shape index (κ2) is 8.75. The fourth-order valence-electron chi connectivity index (χ4n) is 2.87. The molecule has 0 amide bonds. The van der Waals surface area contributed by atoms with Crippen LogP contribution in [0.4, 0.5) is 0 Å². The summed E-state index contributed by atoms with van der Waals surface area (Å²) in [5.41, 5.74) is 2.18. The first kappa shape index (κ1) is 18.3. The maximum atomic E-state index is 12.7. The van der Waals surface area contributed by atoms with E-state index in [-0.39, 0.29) is 17.6 Å². The van der Waals surface area contributed by atoms with Crippen molar-refractivity contribution in [1.29, 1.82) is 0 Å². The first-order valence-electron chi connectivity index (χ1n) is 8.24. The van der Waals surface area contributed by atoms with Crippen LogP contribution in [0.15, 0.2) is 69.6 Å². The molecule has 3 rings (SSSR count). The third-order valence-electron chi connectivity index (χ3n) is 4.20. The summed E-state index contributed by atoms with van der Waals surface area (Å²) in [6.07, 6.45) is 8.07. The smallest absolute Gasteiger partial charge is 0.149 e. The quantitative estimate of drug-likeness (QED) is 0.666. The predicted molar refractivity (Wildman–Crippen MR) is 111 cm³/mol. The van der Waals surface area contributed by atoms with Crippen LogP contribution in [0.5, 0.6) is 0 Å². The molecule has 1 aliphatic heterocycles. The van der Waals surface area contributed by atoms with Gasteiger partial charge in [0.1, 0.15) is 5.78 Å². The van der Waals surface area contributed by atoms with Crippen LogP contribution in [0.3, 0.4) is 0 Å². The Morgan fingerprint density at radius 2 is 1.32 bits per heavy atom. The van der Waals surface area contributed by atoms with Gasteiger partial charge in [-0.05, 0) is 35.4 Å². The molecule has 1 heterocycles. The van der Waals surface area contributed by atoms with Gasteiger partial charge in [-0.25, -0.2) is 0 Å². The van der Waals surface area contributed by atoms with Crippen LogP contribution in [-0.4, -0.2) is 18.9 Å². The maximum Gasteiger partial charge on any atom is 0.149 e. The van der Waals surface area contributed by atoms with Gasteiger partial charge >= 0.3 is 0 Å². The van der Waals surface area contributed by atoms with E-state index >= 15 is 0 Å². The van der Waals surface area contributed by atoms with E-state index in [1.807, 2.05) is 72.8 Å². The first-order chi connectivity index (χ1) is 12.1. The van der Waals surface area contributed by atoms with Crippen LogP contribution < -0.4 is 5.32 Å². The van der Waals surface area contributed by atoms with Crippen molar-refractivity contribution >= 4 is 49.8 Å². The summed E-state index contributed by atoms with van der Waals surface area (Å²) in [6, 6.07) is 16.1. The molecule has 0 saturated carbocycles. The van der Waals surface area contributed by atoms with Crippen LogP contribution in [-0.2, 0) is 4.79 Å². The monoisotopic (exact) mass is 459 g/mol. The van der Waals surface area contributed by atoms with Gasteiger partial charge in [0.25, 0.3) is 0 Å². The zero-order chi connectivity index (χ0) is 17.6. The number of ketones is 1. The van der Waals surface area contributed by atoms with Crippen molar-refractivity contribution in [2.75, 3.05) is 13.1 Å². The van der Waals surface area contributed by atoms with Crippen LogP contribution >= 0.6 is 31.9 Å². The third-order valence-corrected chi connectivity index (χ3v) is 5.19. The maximum absolute atomic E-state index is 12.7. The average molecular weight is 461 g/mol. The molecule has 2 unspecified atom stereocenters. The SMILES string of the molecule is O=C1C(C=Cc2cccc(Br)c2)CNCC1C=Cc1cccc(Br)c1. The molecule has 1 fully saturated rings. The number of benzene rings is 2. The van der Waals surface area contributed by atoms with Gasteiger partial charge in [-0.15, -0.1) is 0 Å². The van der Waals surface area contributed by atoms with E-state index in [0.717, 1.165) is 20.1 Å². The molecule has 0 aromatic heterocycles. The van der Waals surface area contributed by atoms with E-state index in [2.05, 4.69) is 37.2 Å². The van der Waals surface area contributed by atoms with Crippen LogP contribution in [0.1, 0.15) is 11.1 Å². The molecule has 0 aliphatic carbocycles. The molecule has 1 saturated heterocycles. The molecule has 1 aliphatic rings. The number of carbonyl (C=O) groups excluding carboxylic acids is 1. The number of rotatable bonds is 4. The molecule has 4 heteroatoms. The Morgan fingerprint density at radius 1 is 0.840 bits per heavy atom. The Balaban J connectivity index is 1.68. The number of carbonyl (C=O) groups is 1. The van der Waals surface area contributed by atoms with E-state index in [1.54, 1.807) is 0 Å². The lowest BCUT2D eigenvalue weighted by molar-refractivity contribution is -0.125. The summed E-state index contributed by atoms with van der Waals surface area (Å²) >= 11 is 6.94. The van der Waals surface area contributed by atoms with E-state index in [0.29, 0.717) is 13.1 Å². The Bertz CT molecular complexity index is 748. The highest BCUT2D eigenvalue weighted by atomic mass is 79.9. The number of hydrogen-bond acceptors (Lipinski definition) is 2. The Kier molecular flexibility index (Phi) is 6.40. The fourth-order valence-corrected chi connectivity index (χ4v) is 3.71. The Labute approximate surface area is 165 Å². The molecule has 2 atom stereocenters. The van der Waals surface area contributed by atoms with Gasteiger partial charge < -0.3 is 5.32 Å². The zero-order valence-corrected chi connectivity index (χ0v) is 16.8. The minimum atomic E-state index is -0.0927. The number of nitrogens with one attached hydrogen (secondary N) is 1. The molecular weight excluding hydrogens is 442 g/mol. The fraction of sp³-hybridized carbons (Fsp3) is 0.190. The number of piperidine rings is 1. The molecule has 25 heavy (non-hydrogen) atoms. The lowest BCUT2D eigenvalue weighted by Gasteiger charge is -2.25. The minimum Gasteiger partial charge on any atom is -0.315 e. The molecule has 2 aromatic rings. The van der Waals surface area contributed by atoms with E-state index in [9.17, 15) is 4.79 Å². The highest BCUT2D eigenvalue weighted by molar-refractivity contribution is 9.10. The molecule has 1 N–H and O–H groups in total. The lowest BCUT2D eigenvalue weighted by Crippen LogP contribution is -2.42. The molecule has 2 nitrogen and oxygen atoms in total. The second-order valence-electron chi connectivity index (χ2n) is 6.10. The molecule has 0 spiro atoms. The van der Waals surface area contributed by atoms with Gasteiger partial charge in [0.05, 0.1) is 0 Å². The predicted octanol–water partition coefficient (Wildman–Crippen LogP) is 5.34. The summed E-state index contributed by atoms with van der Waals surface area (Å²) in [5.74, 6) is 0.0889. The molecule has 0 radical (unpaired) electrons. The summed E-state index contributed by atoms with van der Waals surface area (Å²) in [5, 5.41) is 3.37. The van der Waals surface area contributed by atoms with Crippen LogP contribution in [0.2, 0.25) is 0 Å². The highest BCUT2D eigenvalue weighted by Gasteiger charge is 2.27. The molecule has 2 aromatic carbocycles. The summed E-state index contributed by atoms with van der Waals surface area (Å²) < 4.78 is 2.08. The highest BCUT2D eigenvalue weighted by Crippen LogP contribution is 2.20. The van der Waals surface area contributed by atoms with E-state index in [4.69, 9.17) is 0 Å². The van der Waals surface area contributed by atoms with Crippen molar-refractivity contribution in [3.63, 3.8) is 0 Å². The van der Waals surface area contributed by atoms with E-state index < -0.39 is 0 Å². The Morgan fingerprint density at radius 3 is 1.76 bits per heavy atom. The number of hydrogen-bond donors (Lipinski definition) is 1. The van der Waals surface area contributed by atoms with Gasteiger partial charge in [0, 0.05) is 33.9 Å². The van der Waals surface area contributed by atoms with Crippen molar-refractivity contribution in [2.24, 2.45) is 11.8 Å². The standard InChI is InChI=1S/C21H19Br2NO/c22-19-5-1-3-15(11-19)7-9-17-13-24-14-18(21(17)25)10-8-16-4-2-6-20(23)12-16/h1-12,17-18,24H,13-14H2. The topological polar surface area (TPSA) is 29.1 Å². The Hall–Kier alpha value is -1.49. The molecule has 128 valence electrons. The summed E-state index contributed by atoms with van der Waals surface area (Å²) in [7, 11) is 0. The van der Waals surface area contributed by atoms with Gasteiger partial charge in [0.15, 0.2) is 0 Å². The third kappa shape index (κ3) is 5.24. The van der Waals surface area contributed by atoms with Gasteiger partial charge in [0.2, 0.25) is 0 Å². The normalized spacial score (nSPS) is 21.3.